The summed E-state index contributed by atoms with van der Waals surface area (Å²) < 4.78 is 0.637. The van der Waals surface area contributed by atoms with Gasteiger partial charge in [0.05, 0.1) is 6.20 Å². The van der Waals surface area contributed by atoms with Crippen molar-refractivity contribution in [3.05, 3.63) is 26.9 Å². The fourth-order valence-electron chi connectivity index (χ4n) is 2.00. The number of halogens is 2. The average Bonchev–Trinajstić information content (AvgIpc) is 2.76. The molecule has 1 aliphatic rings. The number of rotatable bonds is 1. The highest BCUT2D eigenvalue weighted by molar-refractivity contribution is 7.18. The van der Waals surface area contributed by atoms with Crippen LogP contribution >= 0.6 is 34.5 Å². The first-order chi connectivity index (χ1) is 8.24. The van der Waals surface area contributed by atoms with Crippen molar-refractivity contribution in [2.75, 3.05) is 0 Å². The molecule has 17 heavy (non-hydrogen) atoms. The van der Waals surface area contributed by atoms with Gasteiger partial charge in [0.25, 0.3) is 0 Å². The molecule has 88 valence electrons. The number of hydrogen-bond donors (Lipinski definition) is 0. The van der Waals surface area contributed by atoms with Gasteiger partial charge in [-0.3, -0.25) is 0 Å². The van der Waals surface area contributed by atoms with E-state index in [0.29, 0.717) is 15.3 Å². The maximum atomic E-state index is 6.20. The molecule has 0 unspecified atom stereocenters. The Labute approximate surface area is 113 Å². The van der Waals surface area contributed by atoms with Gasteiger partial charge in [-0.15, -0.1) is 0 Å². The summed E-state index contributed by atoms with van der Waals surface area (Å²) in [6.07, 6.45) is 5.89. The van der Waals surface area contributed by atoms with Crippen LogP contribution in [0.25, 0.3) is 10.8 Å². The highest BCUT2D eigenvalue weighted by atomic mass is 35.5. The Kier molecular flexibility index (Phi) is 3.03. The number of thiazole rings is 1. The van der Waals surface area contributed by atoms with Gasteiger partial charge < -0.3 is 0 Å². The van der Waals surface area contributed by atoms with Crippen molar-refractivity contribution in [3.8, 4) is 10.8 Å². The van der Waals surface area contributed by atoms with E-state index in [1.54, 1.807) is 6.20 Å². The number of aromatic nitrogens is 3. The number of aryl methyl sites for hydroxylation is 1. The minimum atomic E-state index is 0.566. The maximum Gasteiger partial charge on any atom is 0.190 e. The Morgan fingerprint density at radius 3 is 2.71 bits per heavy atom. The third-order valence-electron chi connectivity index (χ3n) is 2.80. The lowest BCUT2D eigenvalue weighted by molar-refractivity contribution is 0.663. The average molecular weight is 286 g/mol. The zero-order valence-corrected chi connectivity index (χ0v) is 11.2. The van der Waals surface area contributed by atoms with Crippen LogP contribution in [-0.4, -0.2) is 15.0 Å². The van der Waals surface area contributed by atoms with Crippen LogP contribution in [-0.2, 0) is 12.8 Å². The smallest absolute Gasteiger partial charge is 0.190 e. The maximum absolute atomic E-state index is 6.20. The lowest BCUT2D eigenvalue weighted by atomic mass is 9.97. The third-order valence-corrected chi connectivity index (χ3v) is 4.22. The van der Waals surface area contributed by atoms with Crippen LogP contribution < -0.4 is 0 Å². The Bertz CT molecular complexity index is 568. The van der Waals surface area contributed by atoms with Gasteiger partial charge in [-0.05, 0) is 25.7 Å². The fourth-order valence-corrected chi connectivity index (χ4v) is 3.13. The minimum absolute atomic E-state index is 0.566. The molecule has 0 atom stereocenters. The van der Waals surface area contributed by atoms with Crippen molar-refractivity contribution in [1.82, 2.24) is 15.0 Å². The number of nitrogens with zero attached hydrogens (tertiary/aromatic N) is 3. The van der Waals surface area contributed by atoms with Crippen LogP contribution in [0.4, 0.5) is 0 Å². The second kappa shape index (κ2) is 4.52. The van der Waals surface area contributed by atoms with E-state index in [2.05, 4.69) is 15.0 Å². The summed E-state index contributed by atoms with van der Waals surface area (Å²) in [5.41, 5.74) is 2.17. The van der Waals surface area contributed by atoms with E-state index in [9.17, 15) is 0 Å². The van der Waals surface area contributed by atoms with Crippen molar-refractivity contribution in [3.63, 3.8) is 0 Å². The van der Waals surface area contributed by atoms with Crippen LogP contribution in [0.1, 0.15) is 24.1 Å². The predicted octanol–water partition coefficient (Wildman–Crippen LogP) is 3.79. The summed E-state index contributed by atoms with van der Waals surface area (Å²) in [7, 11) is 0. The molecule has 0 aromatic carbocycles. The van der Waals surface area contributed by atoms with Crippen molar-refractivity contribution >= 4 is 34.5 Å². The summed E-state index contributed by atoms with van der Waals surface area (Å²) >= 11 is 13.4. The van der Waals surface area contributed by atoms with Crippen molar-refractivity contribution in [2.45, 2.75) is 25.7 Å². The topological polar surface area (TPSA) is 38.7 Å². The van der Waals surface area contributed by atoms with Gasteiger partial charge in [0.1, 0.15) is 9.49 Å². The van der Waals surface area contributed by atoms with Crippen LogP contribution in [0.2, 0.25) is 9.49 Å². The molecule has 0 bridgehead atoms. The SMILES string of the molecule is Clc1cnc(-c2nc(Cl)c3c(n2)CCCC3)s1. The normalized spacial score (nSPS) is 14.7. The second-order valence-electron chi connectivity index (χ2n) is 3.94. The van der Waals surface area contributed by atoms with Gasteiger partial charge in [0.15, 0.2) is 10.8 Å². The molecule has 0 fully saturated rings. The minimum Gasteiger partial charge on any atom is -0.240 e. The monoisotopic (exact) mass is 285 g/mol. The van der Waals surface area contributed by atoms with Crippen LogP contribution in [0.3, 0.4) is 0 Å². The van der Waals surface area contributed by atoms with Crippen molar-refractivity contribution < 1.29 is 0 Å². The van der Waals surface area contributed by atoms with Crippen LogP contribution in [0, 0.1) is 0 Å². The standard InChI is InChI=1S/C11H9Cl2N3S/c12-8-5-14-11(17-8)10-15-7-4-2-1-3-6(7)9(13)16-10/h5H,1-4H2. The molecule has 0 saturated carbocycles. The molecular formula is C11H9Cl2N3S. The molecule has 6 heteroatoms. The van der Waals surface area contributed by atoms with Gasteiger partial charge in [-0.25, -0.2) is 15.0 Å². The predicted molar refractivity (Wildman–Crippen MR) is 69.8 cm³/mol. The van der Waals surface area contributed by atoms with E-state index >= 15 is 0 Å². The fraction of sp³-hybridized carbons (Fsp3) is 0.364. The Morgan fingerprint density at radius 2 is 1.94 bits per heavy atom. The Morgan fingerprint density at radius 1 is 1.12 bits per heavy atom. The molecule has 2 heterocycles. The molecule has 0 N–H and O–H groups in total. The van der Waals surface area contributed by atoms with Crippen LogP contribution in [0.15, 0.2) is 6.20 Å². The zero-order valence-electron chi connectivity index (χ0n) is 8.91. The van der Waals surface area contributed by atoms with Gasteiger partial charge in [0, 0.05) is 11.3 Å². The van der Waals surface area contributed by atoms with E-state index in [-0.39, 0.29) is 0 Å². The van der Waals surface area contributed by atoms with Gasteiger partial charge in [-0.1, -0.05) is 34.5 Å². The molecule has 3 nitrogen and oxygen atoms in total. The summed E-state index contributed by atoms with van der Waals surface area (Å²) in [4.78, 5) is 13.0. The highest BCUT2D eigenvalue weighted by Gasteiger charge is 2.18. The largest absolute Gasteiger partial charge is 0.240 e. The lowest BCUT2D eigenvalue weighted by Crippen LogP contribution is -2.08. The van der Waals surface area contributed by atoms with E-state index in [1.165, 1.54) is 24.2 Å². The number of hydrogen-bond acceptors (Lipinski definition) is 4. The zero-order chi connectivity index (χ0) is 11.8. The first kappa shape index (κ1) is 11.4. The highest BCUT2D eigenvalue weighted by Crippen LogP contribution is 2.30. The van der Waals surface area contributed by atoms with Crippen molar-refractivity contribution in [2.24, 2.45) is 0 Å². The molecule has 2 aromatic heterocycles. The first-order valence-electron chi connectivity index (χ1n) is 5.41. The second-order valence-corrected chi connectivity index (χ2v) is 5.96. The van der Waals surface area contributed by atoms with Gasteiger partial charge in [0.2, 0.25) is 0 Å². The van der Waals surface area contributed by atoms with Crippen molar-refractivity contribution in [1.29, 1.82) is 0 Å². The van der Waals surface area contributed by atoms with Crippen LogP contribution in [0.5, 0.6) is 0 Å². The molecule has 3 rings (SSSR count). The molecule has 0 amide bonds. The third kappa shape index (κ3) is 2.17. The quantitative estimate of drug-likeness (QED) is 0.749. The summed E-state index contributed by atoms with van der Waals surface area (Å²) in [6.45, 7) is 0. The van der Waals surface area contributed by atoms with Gasteiger partial charge in [-0.2, -0.15) is 0 Å². The lowest BCUT2D eigenvalue weighted by Gasteiger charge is -2.15. The summed E-state index contributed by atoms with van der Waals surface area (Å²) in [6, 6.07) is 0. The molecule has 0 aliphatic heterocycles. The Hall–Kier alpha value is -0.710. The van der Waals surface area contributed by atoms with Gasteiger partial charge >= 0.3 is 0 Å². The molecular weight excluding hydrogens is 277 g/mol. The summed E-state index contributed by atoms with van der Waals surface area (Å²) in [5, 5.41) is 1.29. The molecule has 0 saturated heterocycles. The van der Waals surface area contributed by atoms with E-state index in [4.69, 9.17) is 23.2 Å². The summed E-state index contributed by atoms with van der Waals surface area (Å²) in [5.74, 6) is 0.590. The Balaban J connectivity index is 2.10. The van der Waals surface area contributed by atoms with E-state index in [0.717, 1.165) is 29.1 Å². The molecule has 0 radical (unpaired) electrons. The van der Waals surface area contributed by atoms with E-state index in [1.807, 2.05) is 0 Å². The molecule has 1 aliphatic carbocycles. The van der Waals surface area contributed by atoms with E-state index < -0.39 is 0 Å². The molecule has 0 spiro atoms. The molecule has 2 aromatic rings. The number of fused-ring (bicyclic) bond motifs is 1. The first-order valence-corrected chi connectivity index (χ1v) is 6.98.